The Hall–Kier alpha value is -0.930. The van der Waals surface area contributed by atoms with Crippen LogP contribution in [0.3, 0.4) is 0 Å². The molecule has 0 aromatic heterocycles. The van der Waals surface area contributed by atoms with Crippen LogP contribution in [-0.4, -0.2) is 36.2 Å². The van der Waals surface area contributed by atoms with Gasteiger partial charge in [0.25, 0.3) is 0 Å². The molecule has 0 aliphatic carbocycles. The Morgan fingerprint density at radius 2 is 1.84 bits per heavy atom. The van der Waals surface area contributed by atoms with Crippen LogP contribution < -0.4 is 0 Å². The Kier molecular flexibility index (Phi) is 5.80. The van der Waals surface area contributed by atoms with Crippen molar-refractivity contribution in [1.82, 2.24) is 4.90 Å². The van der Waals surface area contributed by atoms with Gasteiger partial charge in [-0.15, -0.1) is 0 Å². The fourth-order valence-electron chi connectivity index (χ4n) is 2.84. The summed E-state index contributed by atoms with van der Waals surface area (Å²) in [5.41, 5.74) is 1.22. The van der Waals surface area contributed by atoms with Crippen molar-refractivity contribution in [2.75, 3.05) is 26.2 Å². The van der Waals surface area contributed by atoms with Crippen molar-refractivity contribution in [1.29, 1.82) is 0 Å². The molecule has 0 unspecified atom stereocenters. The predicted octanol–water partition coefficient (Wildman–Crippen LogP) is 2.85. The SMILES string of the molecule is OCCC1CCN(CCCc2ccc(F)cc2)CC1. The van der Waals surface area contributed by atoms with Gasteiger partial charge in [-0.3, -0.25) is 0 Å². The van der Waals surface area contributed by atoms with Crippen LogP contribution in [0.2, 0.25) is 0 Å². The van der Waals surface area contributed by atoms with Crippen molar-refractivity contribution in [2.45, 2.75) is 32.1 Å². The van der Waals surface area contributed by atoms with Crippen LogP contribution >= 0.6 is 0 Å². The molecule has 1 aromatic rings. The van der Waals surface area contributed by atoms with Crippen molar-refractivity contribution >= 4 is 0 Å². The lowest BCUT2D eigenvalue weighted by atomic mass is 9.94. The molecule has 0 amide bonds. The van der Waals surface area contributed by atoms with E-state index in [1.54, 1.807) is 0 Å². The third-order valence-electron chi connectivity index (χ3n) is 4.10. The highest BCUT2D eigenvalue weighted by Crippen LogP contribution is 2.20. The standard InChI is InChI=1S/C16H24FNO/c17-16-5-3-14(4-6-16)2-1-10-18-11-7-15(8-12-18)9-13-19/h3-6,15,19H,1-2,7-13H2. The van der Waals surface area contributed by atoms with E-state index in [1.807, 2.05) is 12.1 Å². The maximum Gasteiger partial charge on any atom is 0.123 e. The number of nitrogens with zero attached hydrogens (tertiary/aromatic N) is 1. The first kappa shape index (κ1) is 14.5. The molecule has 1 aromatic carbocycles. The third kappa shape index (κ3) is 4.92. The van der Waals surface area contributed by atoms with E-state index in [0.29, 0.717) is 6.61 Å². The second-order valence-electron chi connectivity index (χ2n) is 5.53. The first-order valence-corrected chi connectivity index (χ1v) is 7.35. The van der Waals surface area contributed by atoms with Gasteiger partial charge in [0.2, 0.25) is 0 Å². The molecule has 1 aliphatic heterocycles. The number of hydrogen-bond acceptors (Lipinski definition) is 2. The minimum absolute atomic E-state index is 0.158. The van der Waals surface area contributed by atoms with Crippen LogP contribution in [0.15, 0.2) is 24.3 Å². The van der Waals surface area contributed by atoms with Crippen LogP contribution in [0.25, 0.3) is 0 Å². The highest BCUT2D eigenvalue weighted by molar-refractivity contribution is 5.15. The van der Waals surface area contributed by atoms with E-state index in [0.717, 1.165) is 44.8 Å². The van der Waals surface area contributed by atoms with Gasteiger partial charge >= 0.3 is 0 Å². The molecule has 19 heavy (non-hydrogen) atoms. The summed E-state index contributed by atoms with van der Waals surface area (Å²) < 4.78 is 12.8. The third-order valence-corrected chi connectivity index (χ3v) is 4.10. The molecule has 0 atom stereocenters. The first-order valence-electron chi connectivity index (χ1n) is 7.35. The topological polar surface area (TPSA) is 23.5 Å². The lowest BCUT2D eigenvalue weighted by Gasteiger charge is -2.31. The van der Waals surface area contributed by atoms with Crippen molar-refractivity contribution < 1.29 is 9.50 Å². The molecule has 0 radical (unpaired) electrons. The summed E-state index contributed by atoms with van der Waals surface area (Å²) >= 11 is 0. The number of aliphatic hydroxyl groups excluding tert-OH is 1. The van der Waals surface area contributed by atoms with Crippen LogP contribution in [-0.2, 0) is 6.42 Å². The Balaban J connectivity index is 1.63. The number of halogens is 1. The van der Waals surface area contributed by atoms with Crippen molar-refractivity contribution in [3.63, 3.8) is 0 Å². The molecule has 2 rings (SSSR count). The van der Waals surface area contributed by atoms with Crippen molar-refractivity contribution in [3.05, 3.63) is 35.6 Å². The van der Waals surface area contributed by atoms with E-state index in [4.69, 9.17) is 5.11 Å². The van der Waals surface area contributed by atoms with Crippen molar-refractivity contribution in [3.8, 4) is 0 Å². The van der Waals surface area contributed by atoms with E-state index in [-0.39, 0.29) is 5.82 Å². The Labute approximate surface area is 115 Å². The number of aryl methyl sites for hydroxylation is 1. The normalized spacial score (nSPS) is 17.8. The molecule has 0 bridgehead atoms. The molecule has 2 nitrogen and oxygen atoms in total. The van der Waals surface area contributed by atoms with E-state index < -0.39 is 0 Å². The molecule has 1 N–H and O–H groups in total. The molecule has 1 saturated heterocycles. The molecule has 1 aliphatic rings. The van der Waals surface area contributed by atoms with E-state index in [9.17, 15) is 4.39 Å². The van der Waals surface area contributed by atoms with Gasteiger partial charge in [0.15, 0.2) is 0 Å². The van der Waals surface area contributed by atoms with Crippen LogP contribution in [0.4, 0.5) is 4.39 Å². The lowest BCUT2D eigenvalue weighted by Crippen LogP contribution is -2.34. The van der Waals surface area contributed by atoms with Gasteiger partial charge in [0.1, 0.15) is 5.82 Å². The highest BCUT2D eigenvalue weighted by Gasteiger charge is 2.17. The molecule has 1 heterocycles. The number of likely N-dealkylation sites (tertiary alicyclic amines) is 1. The average molecular weight is 265 g/mol. The summed E-state index contributed by atoms with van der Waals surface area (Å²) in [5.74, 6) is 0.563. The second kappa shape index (κ2) is 7.61. The second-order valence-corrected chi connectivity index (χ2v) is 5.53. The average Bonchev–Trinajstić information content (AvgIpc) is 2.43. The minimum atomic E-state index is -0.158. The maximum absolute atomic E-state index is 12.8. The van der Waals surface area contributed by atoms with Crippen LogP contribution in [0, 0.1) is 11.7 Å². The summed E-state index contributed by atoms with van der Waals surface area (Å²) in [7, 11) is 0. The smallest absolute Gasteiger partial charge is 0.123 e. The summed E-state index contributed by atoms with van der Waals surface area (Å²) in [6, 6.07) is 6.83. The van der Waals surface area contributed by atoms with Gasteiger partial charge < -0.3 is 10.0 Å². The zero-order valence-electron chi connectivity index (χ0n) is 11.5. The molecular formula is C16H24FNO. The van der Waals surface area contributed by atoms with Crippen LogP contribution in [0.1, 0.15) is 31.2 Å². The maximum atomic E-state index is 12.8. The van der Waals surface area contributed by atoms with Gasteiger partial charge in [-0.25, -0.2) is 4.39 Å². The van der Waals surface area contributed by atoms with Gasteiger partial charge in [-0.1, -0.05) is 12.1 Å². The van der Waals surface area contributed by atoms with E-state index in [1.165, 1.54) is 30.5 Å². The summed E-state index contributed by atoms with van der Waals surface area (Å²) in [6.45, 7) is 3.78. The zero-order valence-corrected chi connectivity index (χ0v) is 11.5. The van der Waals surface area contributed by atoms with Gasteiger partial charge in [-0.05, 0) is 75.4 Å². The molecular weight excluding hydrogens is 241 g/mol. The van der Waals surface area contributed by atoms with Gasteiger partial charge in [0.05, 0.1) is 0 Å². The molecule has 0 saturated carbocycles. The first-order chi connectivity index (χ1) is 9.28. The quantitative estimate of drug-likeness (QED) is 0.855. The number of benzene rings is 1. The van der Waals surface area contributed by atoms with Crippen LogP contribution in [0.5, 0.6) is 0 Å². The Morgan fingerprint density at radius 3 is 2.47 bits per heavy atom. The number of piperidine rings is 1. The van der Waals surface area contributed by atoms with Gasteiger partial charge in [-0.2, -0.15) is 0 Å². The van der Waals surface area contributed by atoms with E-state index >= 15 is 0 Å². The lowest BCUT2D eigenvalue weighted by molar-refractivity contribution is 0.157. The summed E-state index contributed by atoms with van der Waals surface area (Å²) in [6.07, 6.45) is 5.56. The number of aliphatic hydroxyl groups is 1. The fraction of sp³-hybridized carbons (Fsp3) is 0.625. The number of rotatable bonds is 6. The van der Waals surface area contributed by atoms with E-state index in [2.05, 4.69) is 4.90 Å². The predicted molar refractivity (Wildman–Crippen MR) is 75.6 cm³/mol. The molecule has 3 heteroatoms. The zero-order chi connectivity index (χ0) is 13.5. The molecule has 106 valence electrons. The largest absolute Gasteiger partial charge is 0.396 e. The summed E-state index contributed by atoms with van der Waals surface area (Å²) in [4.78, 5) is 2.51. The molecule has 0 spiro atoms. The van der Waals surface area contributed by atoms with Gasteiger partial charge in [0, 0.05) is 6.61 Å². The fourth-order valence-corrected chi connectivity index (χ4v) is 2.84. The highest BCUT2D eigenvalue weighted by atomic mass is 19.1. The Morgan fingerprint density at radius 1 is 1.16 bits per heavy atom. The van der Waals surface area contributed by atoms with Crippen molar-refractivity contribution in [2.24, 2.45) is 5.92 Å². The monoisotopic (exact) mass is 265 g/mol. The number of hydrogen-bond donors (Lipinski definition) is 1. The summed E-state index contributed by atoms with van der Waals surface area (Å²) in [5, 5.41) is 8.93. The Bertz CT molecular complexity index is 358. The minimum Gasteiger partial charge on any atom is -0.396 e. The molecule has 1 fully saturated rings.